The topological polar surface area (TPSA) is 69.0 Å². The summed E-state index contributed by atoms with van der Waals surface area (Å²) in [6, 6.07) is 13.2. The maximum Gasteiger partial charge on any atom is 0.268 e. The fourth-order valence-corrected chi connectivity index (χ4v) is 4.50. The van der Waals surface area contributed by atoms with Gasteiger partial charge in [-0.3, -0.25) is 10.1 Å². The summed E-state index contributed by atoms with van der Waals surface area (Å²) in [6.45, 7) is 4.80. The molecular weight excluding hydrogens is 467 g/mol. The van der Waals surface area contributed by atoms with Gasteiger partial charge in [-0.25, -0.2) is 9.67 Å². The third kappa shape index (κ3) is 5.48. The van der Waals surface area contributed by atoms with Crippen LogP contribution in [0.1, 0.15) is 31.9 Å². The summed E-state index contributed by atoms with van der Waals surface area (Å²) in [7, 11) is 0. The van der Waals surface area contributed by atoms with Crippen molar-refractivity contribution in [1.82, 2.24) is 14.8 Å². The van der Waals surface area contributed by atoms with Crippen LogP contribution in [0.15, 0.2) is 54.2 Å². The SMILES string of the molecule is Cc1cc(C)cc(OCc2csc(C(=O)Nc3ncn(Cc4c(Cl)cccc4Cl)n3)c2)c1. The minimum atomic E-state index is -0.277. The molecule has 0 bridgehead atoms. The second-order valence-corrected chi connectivity index (χ2v) is 9.08. The van der Waals surface area contributed by atoms with Gasteiger partial charge < -0.3 is 4.74 Å². The number of thiophene rings is 1. The number of nitrogens with zero attached hydrogens (tertiary/aromatic N) is 3. The molecule has 164 valence electrons. The van der Waals surface area contributed by atoms with Gasteiger partial charge in [0.15, 0.2) is 0 Å². The Hall–Kier alpha value is -2.87. The number of carbonyl (C=O) groups is 1. The molecule has 0 aliphatic rings. The molecular formula is C23H20Cl2N4O2S. The standard InChI is InChI=1S/C23H20Cl2N4O2S/c1-14-6-15(2)8-17(7-14)31-11-16-9-21(32-12-16)22(30)27-23-26-13-29(28-23)10-18-19(24)4-3-5-20(18)25/h3-9,12-13H,10-11H2,1-2H3,(H,27,28,30). The predicted octanol–water partition coefficient (Wildman–Crippen LogP) is 6.14. The van der Waals surface area contributed by atoms with Crippen LogP contribution in [-0.4, -0.2) is 20.7 Å². The number of anilines is 1. The summed E-state index contributed by atoms with van der Waals surface area (Å²) in [5.74, 6) is 0.744. The van der Waals surface area contributed by atoms with Crippen molar-refractivity contribution in [1.29, 1.82) is 0 Å². The average molecular weight is 487 g/mol. The Morgan fingerprint density at radius 1 is 1.12 bits per heavy atom. The highest BCUT2D eigenvalue weighted by Crippen LogP contribution is 2.25. The zero-order valence-corrected chi connectivity index (χ0v) is 19.8. The van der Waals surface area contributed by atoms with Gasteiger partial charge in [0, 0.05) is 21.2 Å². The Bertz CT molecular complexity index is 1230. The van der Waals surface area contributed by atoms with Gasteiger partial charge in [0.1, 0.15) is 18.7 Å². The van der Waals surface area contributed by atoms with E-state index in [1.165, 1.54) is 17.7 Å². The van der Waals surface area contributed by atoms with E-state index in [1.807, 2.05) is 37.4 Å². The van der Waals surface area contributed by atoms with Crippen molar-refractivity contribution in [2.24, 2.45) is 0 Å². The molecule has 6 nitrogen and oxygen atoms in total. The lowest BCUT2D eigenvalue weighted by atomic mass is 10.1. The third-order valence-corrected chi connectivity index (χ3v) is 6.31. The van der Waals surface area contributed by atoms with Crippen LogP contribution in [0.3, 0.4) is 0 Å². The van der Waals surface area contributed by atoms with Crippen molar-refractivity contribution in [3.8, 4) is 5.75 Å². The lowest BCUT2D eigenvalue weighted by Crippen LogP contribution is -2.12. The Morgan fingerprint density at radius 3 is 2.56 bits per heavy atom. The zero-order valence-electron chi connectivity index (χ0n) is 17.4. The van der Waals surface area contributed by atoms with Crippen LogP contribution in [0.2, 0.25) is 10.0 Å². The largest absolute Gasteiger partial charge is 0.489 e. The van der Waals surface area contributed by atoms with E-state index in [-0.39, 0.29) is 11.9 Å². The Labute approximate surface area is 199 Å². The van der Waals surface area contributed by atoms with Crippen LogP contribution in [-0.2, 0) is 13.2 Å². The molecule has 0 fully saturated rings. The summed E-state index contributed by atoms with van der Waals surface area (Å²) in [5.41, 5.74) is 3.96. The first-order chi connectivity index (χ1) is 15.4. The molecule has 0 aliphatic heterocycles. The first kappa shape index (κ1) is 22.3. The minimum Gasteiger partial charge on any atom is -0.489 e. The van der Waals surface area contributed by atoms with Crippen molar-refractivity contribution >= 4 is 46.4 Å². The summed E-state index contributed by atoms with van der Waals surface area (Å²) < 4.78 is 7.44. The van der Waals surface area contributed by atoms with Gasteiger partial charge in [0.05, 0.1) is 11.4 Å². The summed E-state index contributed by atoms with van der Waals surface area (Å²) >= 11 is 13.8. The van der Waals surface area contributed by atoms with Crippen LogP contribution >= 0.6 is 34.5 Å². The molecule has 0 saturated heterocycles. The Morgan fingerprint density at radius 2 is 1.84 bits per heavy atom. The Kier molecular flexibility index (Phi) is 6.79. The van der Waals surface area contributed by atoms with Crippen LogP contribution in [0.25, 0.3) is 0 Å². The number of rotatable bonds is 7. The summed E-state index contributed by atoms with van der Waals surface area (Å²) in [4.78, 5) is 17.3. The molecule has 2 heterocycles. The first-order valence-electron chi connectivity index (χ1n) is 9.79. The monoisotopic (exact) mass is 486 g/mol. The summed E-state index contributed by atoms with van der Waals surface area (Å²) in [5, 5.41) is 10.0. The molecule has 1 amide bonds. The van der Waals surface area contributed by atoms with Gasteiger partial charge in [0.25, 0.3) is 5.91 Å². The van der Waals surface area contributed by atoms with E-state index >= 15 is 0 Å². The fraction of sp³-hybridized carbons (Fsp3) is 0.174. The number of hydrogen-bond acceptors (Lipinski definition) is 5. The molecule has 2 aromatic carbocycles. The summed E-state index contributed by atoms with van der Waals surface area (Å²) in [6.07, 6.45) is 1.52. The number of hydrogen-bond donors (Lipinski definition) is 1. The normalized spacial score (nSPS) is 10.9. The van der Waals surface area contributed by atoms with Gasteiger partial charge in [-0.15, -0.1) is 16.4 Å². The van der Waals surface area contributed by atoms with Crippen LogP contribution in [0.4, 0.5) is 5.95 Å². The highest BCUT2D eigenvalue weighted by atomic mass is 35.5. The zero-order chi connectivity index (χ0) is 22.7. The number of nitrogens with one attached hydrogen (secondary N) is 1. The van der Waals surface area contributed by atoms with E-state index in [2.05, 4.69) is 21.5 Å². The minimum absolute atomic E-state index is 0.208. The van der Waals surface area contributed by atoms with E-state index in [1.54, 1.807) is 22.9 Å². The van der Waals surface area contributed by atoms with Crippen LogP contribution < -0.4 is 10.1 Å². The number of carbonyl (C=O) groups excluding carboxylic acids is 1. The maximum absolute atomic E-state index is 12.6. The molecule has 0 aliphatic carbocycles. The molecule has 4 aromatic rings. The van der Waals surface area contributed by atoms with Gasteiger partial charge in [0.2, 0.25) is 5.95 Å². The average Bonchev–Trinajstić information content (AvgIpc) is 3.38. The number of aromatic nitrogens is 3. The molecule has 1 N–H and O–H groups in total. The van der Waals surface area contributed by atoms with Crippen LogP contribution in [0, 0.1) is 13.8 Å². The molecule has 4 rings (SSSR count). The van der Waals surface area contributed by atoms with E-state index in [0.717, 1.165) is 28.0 Å². The molecule has 0 spiro atoms. The predicted molar refractivity (Wildman–Crippen MR) is 128 cm³/mol. The van der Waals surface area contributed by atoms with E-state index < -0.39 is 0 Å². The third-order valence-electron chi connectivity index (χ3n) is 4.62. The lowest BCUT2D eigenvalue weighted by Gasteiger charge is -2.07. The van der Waals surface area contributed by atoms with Crippen molar-refractivity contribution in [2.75, 3.05) is 5.32 Å². The van der Waals surface area contributed by atoms with E-state index in [4.69, 9.17) is 27.9 Å². The number of aryl methyl sites for hydroxylation is 2. The van der Waals surface area contributed by atoms with Crippen molar-refractivity contribution < 1.29 is 9.53 Å². The molecule has 0 radical (unpaired) electrons. The van der Waals surface area contributed by atoms with Crippen molar-refractivity contribution in [3.63, 3.8) is 0 Å². The molecule has 0 saturated carbocycles. The van der Waals surface area contributed by atoms with Gasteiger partial charge in [-0.2, -0.15) is 0 Å². The molecule has 32 heavy (non-hydrogen) atoms. The number of benzene rings is 2. The highest BCUT2D eigenvalue weighted by molar-refractivity contribution is 7.12. The first-order valence-corrected chi connectivity index (χ1v) is 11.4. The van der Waals surface area contributed by atoms with E-state index in [9.17, 15) is 4.79 Å². The number of ether oxygens (including phenoxy) is 1. The van der Waals surface area contributed by atoms with Gasteiger partial charge >= 0.3 is 0 Å². The van der Waals surface area contributed by atoms with Gasteiger partial charge in [-0.1, -0.05) is 35.3 Å². The lowest BCUT2D eigenvalue weighted by molar-refractivity contribution is 0.102. The number of halogens is 2. The van der Waals surface area contributed by atoms with Crippen molar-refractivity contribution in [2.45, 2.75) is 27.0 Å². The molecule has 2 aromatic heterocycles. The highest BCUT2D eigenvalue weighted by Gasteiger charge is 2.13. The molecule has 0 unspecified atom stereocenters. The fourth-order valence-electron chi connectivity index (χ4n) is 3.19. The quantitative estimate of drug-likeness (QED) is 0.340. The van der Waals surface area contributed by atoms with Gasteiger partial charge in [-0.05, 0) is 60.7 Å². The van der Waals surface area contributed by atoms with E-state index in [0.29, 0.717) is 28.1 Å². The second kappa shape index (κ2) is 9.73. The Balaban J connectivity index is 1.36. The van der Waals surface area contributed by atoms with Crippen LogP contribution in [0.5, 0.6) is 5.75 Å². The smallest absolute Gasteiger partial charge is 0.268 e. The second-order valence-electron chi connectivity index (χ2n) is 7.35. The van der Waals surface area contributed by atoms with Crippen molar-refractivity contribution in [3.05, 3.63) is 91.3 Å². The molecule has 9 heteroatoms. The number of amides is 1. The molecule has 0 atom stereocenters. The maximum atomic E-state index is 12.6.